The number of carbonyl (C=O) groups is 1. The van der Waals surface area contributed by atoms with Crippen LogP contribution in [0.3, 0.4) is 0 Å². The molecule has 3 heterocycles. The molecule has 2 N–H and O–H groups in total. The van der Waals surface area contributed by atoms with Gasteiger partial charge in [-0.3, -0.25) is 4.79 Å². The van der Waals surface area contributed by atoms with E-state index in [1.807, 2.05) is 12.3 Å². The zero-order valence-electron chi connectivity index (χ0n) is 19.5. The predicted molar refractivity (Wildman–Crippen MR) is 130 cm³/mol. The molecule has 2 aliphatic rings. The summed E-state index contributed by atoms with van der Waals surface area (Å²) in [5, 5.41) is 2.78. The number of aromatic amines is 1. The Balaban J connectivity index is 1.13. The monoisotopic (exact) mass is 447 g/mol. The number of amides is 1. The SMILES string of the molecule is CNC(=O)C1CCC(OC2CCN(c3ccc(-c4nc5ccc(C)cc5[nH]4)cn3)CC2)CC1. The van der Waals surface area contributed by atoms with Gasteiger partial charge in [0.15, 0.2) is 0 Å². The van der Waals surface area contributed by atoms with Gasteiger partial charge in [-0.15, -0.1) is 0 Å². The van der Waals surface area contributed by atoms with Crippen LogP contribution in [-0.4, -0.2) is 53.2 Å². The highest BCUT2D eigenvalue weighted by molar-refractivity contribution is 5.80. The topological polar surface area (TPSA) is 83.1 Å². The van der Waals surface area contributed by atoms with Crippen LogP contribution in [0.15, 0.2) is 36.5 Å². The summed E-state index contributed by atoms with van der Waals surface area (Å²) in [4.78, 5) is 27.0. The van der Waals surface area contributed by atoms with Gasteiger partial charge in [-0.1, -0.05) is 6.07 Å². The molecule has 1 aliphatic heterocycles. The first-order valence-electron chi connectivity index (χ1n) is 12.1. The number of hydrogen-bond acceptors (Lipinski definition) is 5. The molecule has 1 saturated carbocycles. The summed E-state index contributed by atoms with van der Waals surface area (Å²) in [7, 11) is 1.72. The number of piperidine rings is 1. The molecule has 7 heteroatoms. The van der Waals surface area contributed by atoms with Crippen LogP contribution in [0.4, 0.5) is 5.82 Å². The van der Waals surface area contributed by atoms with Crippen LogP contribution >= 0.6 is 0 Å². The minimum Gasteiger partial charge on any atom is -0.375 e. The molecule has 0 atom stereocenters. The quantitative estimate of drug-likeness (QED) is 0.612. The van der Waals surface area contributed by atoms with Gasteiger partial charge in [0, 0.05) is 37.8 Å². The highest BCUT2D eigenvalue weighted by Gasteiger charge is 2.29. The third kappa shape index (κ3) is 4.88. The molecule has 0 radical (unpaired) electrons. The zero-order chi connectivity index (χ0) is 22.8. The Hall–Kier alpha value is -2.93. The summed E-state index contributed by atoms with van der Waals surface area (Å²) >= 11 is 0. The largest absolute Gasteiger partial charge is 0.375 e. The number of ether oxygens (including phenoxy) is 1. The van der Waals surface area contributed by atoms with Crippen LogP contribution in [0.25, 0.3) is 22.4 Å². The van der Waals surface area contributed by atoms with Gasteiger partial charge in [0.1, 0.15) is 11.6 Å². The third-order valence-corrected chi connectivity index (χ3v) is 7.10. The second-order valence-electron chi connectivity index (χ2n) is 9.42. The van der Waals surface area contributed by atoms with E-state index in [9.17, 15) is 4.79 Å². The summed E-state index contributed by atoms with van der Waals surface area (Å²) in [6.45, 7) is 3.99. The van der Waals surface area contributed by atoms with Gasteiger partial charge in [-0.05, 0) is 75.3 Å². The molecule has 1 aliphatic carbocycles. The van der Waals surface area contributed by atoms with Crippen molar-refractivity contribution in [1.82, 2.24) is 20.3 Å². The molecular formula is C26H33N5O2. The van der Waals surface area contributed by atoms with Crippen LogP contribution in [0.2, 0.25) is 0 Å². The van der Waals surface area contributed by atoms with Crippen LogP contribution in [0, 0.1) is 12.8 Å². The molecule has 7 nitrogen and oxygen atoms in total. The molecule has 5 rings (SSSR count). The average molecular weight is 448 g/mol. The first-order chi connectivity index (χ1) is 16.1. The number of nitrogens with one attached hydrogen (secondary N) is 2. The lowest BCUT2D eigenvalue weighted by atomic mass is 9.86. The van der Waals surface area contributed by atoms with E-state index in [1.54, 1.807) is 7.05 Å². The summed E-state index contributed by atoms with van der Waals surface area (Å²) in [5.41, 5.74) is 4.25. The van der Waals surface area contributed by atoms with Crippen LogP contribution in [0.1, 0.15) is 44.1 Å². The zero-order valence-corrected chi connectivity index (χ0v) is 19.5. The third-order valence-electron chi connectivity index (χ3n) is 7.10. The minimum atomic E-state index is 0.162. The Bertz CT molecular complexity index is 1090. The number of anilines is 1. The van der Waals surface area contributed by atoms with Crippen molar-refractivity contribution in [2.75, 3.05) is 25.0 Å². The van der Waals surface area contributed by atoms with Crippen molar-refractivity contribution in [2.45, 2.75) is 57.7 Å². The fourth-order valence-corrected chi connectivity index (χ4v) is 5.13. The summed E-state index contributed by atoms with van der Waals surface area (Å²) in [6, 6.07) is 10.4. The van der Waals surface area contributed by atoms with E-state index in [1.165, 1.54) is 5.56 Å². The number of aryl methyl sites for hydroxylation is 1. The number of pyridine rings is 1. The lowest BCUT2D eigenvalue weighted by Gasteiger charge is -2.36. The number of rotatable bonds is 5. The standard InChI is InChI=1S/C26H33N5O2/c1-17-3-9-22-23(15-17)30-25(29-22)19-6-10-24(28-16-19)31-13-11-21(12-14-31)33-20-7-4-18(5-8-20)26(32)27-2/h3,6,9-10,15-16,18,20-21H,4-5,7-8,11-14H2,1-2H3,(H,27,32)(H,29,30). The first-order valence-corrected chi connectivity index (χ1v) is 12.1. The Morgan fingerprint density at radius 3 is 2.52 bits per heavy atom. The smallest absolute Gasteiger partial charge is 0.222 e. The van der Waals surface area contributed by atoms with E-state index in [-0.39, 0.29) is 11.8 Å². The Labute approximate surface area is 195 Å². The van der Waals surface area contributed by atoms with Gasteiger partial charge >= 0.3 is 0 Å². The molecule has 1 saturated heterocycles. The molecule has 0 spiro atoms. The summed E-state index contributed by atoms with van der Waals surface area (Å²) in [5.74, 6) is 2.20. The number of imidazole rings is 1. The van der Waals surface area contributed by atoms with Crippen molar-refractivity contribution in [2.24, 2.45) is 5.92 Å². The number of aromatic nitrogens is 3. The average Bonchev–Trinajstić information content (AvgIpc) is 3.28. The maximum absolute atomic E-state index is 11.8. The van der Waals surface area contributed by atoms with Crippen molar-refractivity contribution in [1.29, 1.82) is 0 Å². The molecule has 0 bridgehead atoms. The van der Waals surface area contributed by atoms with Crippen LogP contribution < -0.4 is 10.2 Å². The number of carbonyl (C=O) groups excluding carboxylic acids is 1. The Morgan fingerprint density at radius 1 is 1.06 bits per heavy atom. The van der Waals surface area contributed by atoms with E-state index in [0.717, 1.165) is 79.9 Å². The van der Waals surface area contributed by atoms with E-state index in [2.05, 4.69) is 46.4 Å². The number of benzene rings is 1. The molecule has 2 aromatic heterocycles. The van der Waals surface area contributed by atoms with Gasteiger partial charge in [-0.25, -0.2) is 9.97 Å². The maximum atomic E-state index is 11.8. The second-order valence-corrected chi connectivity index (χ2v) is 9.42. The first kappa shape index (κ1) is 21.9. The molecular weight excluding hydrogens is 414 g/mol. The normalized spacial score (nSPS) is 21.9. The van der Waals surface area contributed by atoms with E-state index in [0.29, 0.717) is 12.2 Å². The van der Waals surface area contributed by atoms with Crippen molar-refractivity contribution in [3.63, 3.8) is 0 Å². The molecule has 0 unspecified atom stereocenters. The highest BCUT2D eigenvalue weighted by atomic mass is 16.5. The molecule has 33 heavy (non-hydrogen) atoms. The lowest BCUT2D eigenvalue weighted by Crippen LogP contribution is -2.40. The van der Waals surface area contributed by atoms with E-state index in [4.69, 9.17) is 14.7 Å². The van der Waals surface area contributed by atoms with Crippen molar-refractivity contribution in [3.8, 4) is 11.4 Å². The van der Waals surface area contributed by atoms with Gasteiger partial charge in [0.05, 0.1) is 23.2 Å². The molecule has 174 valence electrons. The molecule has 1 aromatic carbocycles. The van der Waals surface area contributed by atoms with Gasteiger partial charge < -0.3 is 19.9 Å². The second kappa shape index (κ2) is 9.51. The lowest BCUT2D eigenvalue weighted by molar-refractivity contribution is -0.127. The molecule has 1 amide bonds. The van der Waals surface area contributed by atoms with Crippen molar-refractivity contribution in [3.05, 3.63) is 42.1 Å². The van der Waals surface area contributed by atoms with Crippen molar-refractivity contribution >= 4 is 22.8 Å². The van der Waals surface area contributed by atoms with E-state index < -0.39 is 0 Å². The fraction of sp³-hybridized carbons (Fsp3) is 0.500. The predicted octanol–water partition coefficient (Wildman–Crippen LogP) is 4.22. The fourth-order valence-electron chi connectivity index (χ4n) is 5.13. The van der Waals surface area contributed by atoms with Gasteiger partial charge in [-0.2, -0.15) is 0 Å². The Kier molecular flexibility index (Phi) is 6.31. The highest BCUT2D eigenvalue weighted by Crippen LogP contribution is 2.30. The maximum Gasteiger partial charge on any atom is 0.222 e. The van der Waals surface area contributed by atoms with Gasteiger partial charge in [0.2, 0.25) is 5.91 Å². The van der Waals surface area contributed by atoms with Crippen molar-refractivity contribution < 1.29 is 9.53 Å². The summed E-state index contributed by atoms with van der Waals surface area (Å²) in [6.07, 6.45) is 8.39. The Morgan fingerprint density at radius 2 is 1.82 bits per heavy atom. The number of fused-ring (bicyclic) bond motifs is 1. The van der Waals surface area contributed by atoms with Crippen LogP contribution in [0.5, 0.6) is 0 Å². The van der Waals surface area contributed by atoms with Crippen LogP contribution in [-0.2, 0) is 9.53 Å². The summed E-state index contributed by atoms with van der Waals surface area (Å²) < 4.78 is 6.40. The van der Waals surface area contributed by atoms with E-state index >= 15 is 0 Å². The van der Waals surface area contributed by atoms with Gasteiger partial charge in [0.25, 0.3) is 0 Å². The minimum absolute atomic E-state index is 0.162. The number of nitrogens with zero attached hydrogens (tertiary/aromatic N) is 3. The number of H-pyrrole nitrogens is 1. The molecule has 3 aromatic rings. The molecule has 2 fully saturated rings. The number of hydrogen-bond donors (Lipinski definition) is 2.